The molecule has 3 nitrogen and oxygen atoms in total. The van der Waals surface area contributed by atoms with Gasteiger partial charge in [-0.05, 0) is 30.2 Å². The zero-order chi connectivity index (χ0) is 16.2. The SMILES string of the molecule is COc1ccc(Br)c([C@H](CCC(F)(F)F)N2CCNCC2)c1.Cl. The predicted octanol–water partition coefficient (Wildman–Crippen LogP) is 4.17. The van der Waals surface area contributed by atoms with Gasteiger partial charge in [-0.1, -0.05) is 15.9 Å². The van der Waals surface area contributed by atoms with Gasteiger partial charge in [0.15, 0.2) is 0 Å². The molecule has 8 heteroatoms. The summed E-state index contributed by atoms with van der Waals surface area (Å²) in [6.07, 6.45) is -4.88. The number of halogens is 5. The fourth-order valence-corrected chi connectivity index (χ4v) is 3.24. The van der Waals surface area contributed by atoms with Gasteiger partial charge in [-0.3, -0.25) is 4.90 Å². The minimum Gasteiger partial charge on any atom is -0.497 e. The Kier molecular flexibility index (Phi) is 8.13. The van der Waals surface area contributed by atoms with Crippen molar-refractivity contribution in [1.82, 2.24) is 10.2 Å². The molecule has 1 N–H and O–H groups in total. The first-order valence-corrected chi connectivity index (χ1v) is 8.05. The third kappa shape index (κ3) is 6.14. The van der Waals surface area contributed by atoms with Gasteiger partial charge in [-0.25, -0.2) is 0 Å². The fraction of sp³-hybridized carbons (Fsp3) is 0.600. The van der Waals surface area contributed by atoms with Crippen LogP contribution in [0, 0.1) is 0 Å². The third-order valence-electron chi connectivity index (χ3n) is 3.86. The Hall–Kier alpha value is -0.500. The van der Waals surface area contributed by atoms with Crippen molar-refractivity contribution in [2.75, 3.05) is 33.3 Å². The van der Waals surface area contributed by atoms with E-state index in [9.17, 15) is 13.2 Å². The van der Waals surface area contributed by atoms with E-state index in [1.54, 1.807) is 13.2 Å². The number of ether oxygens (including phenoxy) is 1. The topological polar surface area (TPSA) is 24.5 Å². The molecule has 0 bridgehead atoms. The zero-order valence-electron chi connectivity index (χ0n) is 12.8. The van der Waals surface area contributed by atoms with Gasteiger partial charge in [-0.2, -0.15) is 13.2 Å². The van der Waals surface area contributed by atoms with Gasteiger partial charge in [-0.15, -0.1) is 12.4 Å². The number of benzene rings is 1. The van der Waals surface area contributed by atoms with Crippen molar-refractivity contribution in [2.24, 2.45) is 0 Å². The van der Waals surface area contributed by atoms with Gasteiger partial charge in [0.25, 0.3) is 0 Å². The number of hydrogen-bond donors (Lipinski definition) is 1. The van der Waals surface area contributed by atoms with Crippen LogP contribution in [0.2, 0.25) is 0 Å². The Balaban J connectivity index is 0.00000264. The highest BCUT2D eigenvalue weighted by molar-refractivity contribution is 9.10. The molecule has 1 atom stereocenters. The van der Waals surface area contributed by atoms with E-state index in [4.69, 9.17) is 4.74 Å². The Bertz CT molecular complexity index is 496. The third-order valence-corrected chi connectivity index (χ3v) is 4.58. The quantitative estimate of drug-likeness (QED) is 0.778. The Morgan fingerprint density at radius 1 is 1.30 bits per heavy atom. The molecule has 0 unspecified atom stereocenters. The summed E-state index contributed by atoms with van der Waals surface area (Å²) in [6, 6.07) is 5.18. The fourth-order valence-electron chi connectivity index (χ4n) is 2.73. The highest BCUT2D eigenvalue weighted by Gasteiger charge is 2.32. The van der Waals surface area contributed by atoms with E-state index < -0.39 is 12.6 Å². The van der Waals surface area contributed by atoms with Crippen LogP contribution in [0.25, 0.3) is 0 Å². The second-order valence-electron chi connectivity index (χ2n) is 5.34. The smallest absolute Gasteiger partial charge is 0.389 e. The van der Waals surface area contributed by atoms with Crippen molar-refractivity contribution in [3.63, 3.8) is 0 Å². The summed E-state index contributed by atoms with van der Waals surface area (Å²) in [6.45, 7) is 3.08. The van der Waals surface area contributed by atoms with Gasteiger partial charge in [0, 0.05) is 43.1 Å². The number of methoxy groups -OCH3 is 1. The average Bonchev–Trinajstić information content (AvgIpc) is 2.49. The molecule has 1 aliphatic rings. The molecule has 1 aromatic carbocycles. The summed E-state index contributed by atoms with van der Waals surface area (Å²) < 4.78 is 44.1. The Morgan fingerprint density at radius 2 is 1.96 bits per heavy atom. The number of nitrogens with one attached hydrogen (secondary N) is 1. The highest BCUT2D eigenvalue weighted by atomic mass is 79.9. The van der Waals surface area contributed by atoms with Crippen molar-refractivity contribution >= 4 is 28.3 Å². The molecule has 0 spiro atoms. The van der Waals surface area contributed by atoms with E-state index in [-0.39, 0.29) is 24.9 Å². The molecule has 1 aliphatic heterocycles. The molecular formula is C15H21BrClF3N2O. The van der Waals surface area contributed by atoms with Crippen LogP contribution < -0.4 is 10.1 Å². The van der Waals surface area contributed by atoms with Gasteiger partial charge < -0.3 is 10.1 Å². The van der Waals surface area contributed by atoms with Crippen LogP contribution in [-0.2, 0) is 0 Å². The maximum absolute atomic E-state index is 12.7. The maximum Gasteiger partial charge on any atom is 0.389 e. The first-order valence-electron chi connectivity index (χ1n) is 7.25. The lowest BCUT2D eigenvalue weighted by Gasteiger charge is -2.36. The standard InChI is InChI=1S/C15H20BrF3N2O.ClH/c1-22-11-2-3-13(16)12(10-11)14(4-5-15(17,18)19)21-8-6-20-7-9-21;/h2-3,10,14,20H,4-9H2,1H3;1H/t14-;/m0./s1. The van der Waals surface area contributed by atoms with Crippen molar-refractivity contribution < 1.29 is 17.9 Å². The number of alkyl halides is 3. The van der Waals surface area contributed by atoms with Crippen molar-refractivity contribution in [2.45, 2.75) is 25.1 Å². The molecule has 0 amide bonds. The lowest BCUT2D eigenvalue weighted by Crippen LogP contribution is -2.45. The van der Waals surface area contributed by atoms with Crippen LogP contribution in [0.15, 0.2) is 22.7 Å². The molecule has 0 aliphatic carbocycles. The maximum atomic E-state index is 12.7. The molecular weight excluding hydrogens is 397 g/mol. The Morgan fingerprint density at radius 3 is 2.52 bits per heavy atom. The van der Waals surface area contributed by atoms with Crippen molar-refractivity contribution in [1.29, 1.82) is 0 Å². The van der Waals surface area contributed by atoms with Gasteiger partial charge in [0.05, 0.1) is 7.11 Å². The molecule has 0 saturated carbocycles. The number of piperazine rings is 1. The molecule has 0 radical (unpaired) electrons. The summed E-state index contributed by atoms with van der Waals surface area (Å²) >= 11 is 3.47. The molecule has 1 aromatic rings. The minimum absolute atomic E-state index is 0. The van der Waals surface area contributed by atoms with E-state index in [0.717, 1.165) is 36.2 Å². The van der Waals surface area contributed by atoms with Crippen LogP contribution in [0.4, 0.5) is 13.2 Å². The zero-order valence-corrected chi connectivity index (χ0v) is 15.2. The number of nitrogens with zero attached hydrogens (tertiary/aromatic N) is 1. The van der Waals surface area contributed by atoms with Crippen LogP contribution in [-0.4, -0.2) is 44.4 Å². The first kappa shape index (κ1) is 20.5. The van der Waals surface area contributed by atoms with Crippen LogP contribution in [0.1, 0.15) is 24.4 Å². The lowest BCUT2D eigenvalue weighted by molar-refractivity contribution is -0.138. The molecule has 1 heterocycles. The summed E-state index contributed by atoms with van der Waals surface area (Å²) in [4.78, 5) is 2.11. The van der Waals surface area contributed by atoms with Crippen LogP contribution in [0.5, 0.6) is 5.75 Å². The molecule has 23 heavy (non-hydrogen) atoms. The normalized spacial score (nSPS) is 17.4. The molecule has 132 valence electrons. The van der Waals surface area contributed by atoms with Crippen LogP contribution >= 0.6 is 28.3 Å². The molecule has 1 saturated heterocycles. The predicted molar refractivity (Wildman–Crippen MR) is 90.4 cm³/mol. The summed E-state index contributed by atoms with van der Waals surface area (Å²) in [5, 5.41) is 3.23. The lowest BCUT2D eigenvalue weighted by atomic mass is 9.99. The largest absolute Gasteiger partial charge is 0.497 e. The molecule has 2 rings (SSSR count). The monoisotopic (exact) mass is 416 g/mol. The summed E-state index contributed by atoms with van der Waals surface area (Å²) in [5.41, 5.74) is 0.852. The van der Waals surface area contributed by atoms with E-state index in [0.29, 0.717) is 5.75 Å². The molecule has 1 fully saturated rings. The first-order chi connectivity index (χ1) is 10.4. The second-order valence-corrected chi connectivity index (χ2v) is 6.20. The molecule has 0 aromatic heterocycles. The minimum atomic E-state index is -4.14. The van der Waals surface area contributed by atoms with Gasteiger partial charge >= 0.3 is 6.18 Å². The number of hydrogen-bond acceptors (Lipinski definition) is 3. The van der Waals surface area contributed by atoms with E-state index in [1.807, 2.05) is 12.1 Å². The van der Waals surface area contributed by atoms with Crippen molar-refractivity contribution in [3.8, 4) is 5.75 Å². The average molecular weight is 418 g/mol. The van der Waals surface area contributed by atoms with E-state index in [1.165, 1.54) is 0 Å². The second kappa shape index (κ2) is 9.11. The summed E-state index contributed by atoms with van der Waals surface area (Å²) in [5.74, 6) is 0.658. The van der Waals surface area contributed by atoms with E-state index in [2.05, 4.69) is 26.1 Å². The van der Waals surface area contributed by atoms with Gasteiger partial charge in [0.1, 0.15) is 5.75 Å². The highest BCUT2D eigenvalue weighted by Crippen LogP contribution is 2.36. The van der Waals surface area contributed by atoms with Crippen molar-refractivity contribution in [3.05, 3.63) is 28.2 Å². The van der Waals surface area contributed by atoms with Gasteiger partial charge in [0.2, 0.25) is 0 Å². The van der Waals surface area contributed by atoms with Crippen LogP contribution in [0.3, 0.4) is 0 Å². The number of rotatable bonds is 5. The van der Waals surface area contributed by atoms with E-state index >= 15 is 0 Å². The Labute approximate surface area is 149 Å². The summed E-state index contributed by atoms with van der Waals surface area (Å²) in [7, 11) is 1.56.